The number of benzene rings is 2. The number of halogens is 2. The van der Waals surface area contributed by atoms with Gasteiger partial charge in [0.25, 0.3) is 5.56 Å². The maximum Gasteiger partial charge on any atom is 0.317 e. The molecule has 0 spiro atoms. The maximum atomic E-state index is 13.4. The molecule has 1 N–H and O–H groups in total. The fraction of sp³-hybridized carbons (Fsp3) is 0.320. The average molecular weight is 500 g/mol. The van der Waals surface area contributed by atoms with E-state index in [9.17, 15) is 9.59 Å². The molecule has 0 bridgehead atoms. The van der Waals surface area contributed by atoms with Gasteiger partial charge in [-0.25, -0.2) is 9.78 Å². The summed E-state index contributed by atoms with van der Waals surface area (Å²) in [4.78, 5) is 34.0. The Balaban J connectivity index is 1.71. The van der Waals surface area contributed by atoms with Gasteiger partial charge in [0.15, 0.2) is 0 Å². The van der Waals surface area contributed by atoms with Crippen LogP contribution in [0.3, 0.4) is 0 Å². The molecule has 2 aromatic carbocycles. The number of nitrogens with one attached hydrogen (secondary N) is 1. The zero-order chi connectivity index (χ0) is 24.4. The third kappa shape index (κ3) is 5.21. The van der Waals surface area contributed by atoms with E-state index in [1.54, 1.807) is 55.1 Å². The van der Waals surface area contributed by atoms with E-state index in [1.807, 2.05) is 19.1 Å². The van der Waals surface area contributed by atoms with Crippen molar-refractivity contribution in [1.82, 2.24) is 19.8 Å². The van der Waals surface area contributed by atoms with E-state index in [0.717, 1.165) is 24.0 Å². The molecule has 178 valence electrons. The van der Waals surface area contributed by atoms with Crippen molar-refractivity contribution in [2.24, 2.45) is 0 Å². The Morgan fingerprint density at radius 1 is 1.03 bits per heavy atom. The number of aromatic nitrogens is 2. The minimum Gasteiger partial charge on any atom is -0.356 e. The third-order valence-corrected chi connectivity index (χ3v) is 6.46. The molecule has 9 heteroatoms. The van der Waals surface area contributed by atoms with Gasteiger partial charge in [-0.2, -0.15) is 0 Å². The van der Waals surface area contributed by atoms with Crippen molar-refractivity contribution >= 4 is 35.1 Å². The molecular weight excluding hydrogens is 473 g/mol. The van der Waals surface area contributed by atoms with Crippen LogP contribution in [0.5, 0.6) is 0 Å². The van der Waals surface area contributed by atoms with Crippen LogP contribution in [0, 0.1) is 6.92 Å². The Hall–Kier alpha value is -3.03. The first kappa shape index (κ1) is 24.1. The molecule has 0 unspecified atom stereocenters. The molecule has 0 saturated carbocycles. The lowest BCUT2D eigenvalue weighted by Gasteiger charge is -2.34. The number of amides is 2. The predicted octanol–water partition coefficient (Wildman–Crippen LogP) is 4.75. The lowest BCUT2D eigenvalue weighted by atomic mass is 10.0. The Labute approximate surface area is 208 Å². The Morgan fingerprint density at radius 2 is 1.68 bits per heavy atom. The van der Waals surface area contributed by atoms with E-state index in [2.05, 4.69) is 10.2 Å². The molecule has 3 aromatic rings. The molecule has 34 heavy (non-hydrogen) atoms. The molecule has 7 nitrogen and oxygen atoms in total. The quantitative estimate of drug-likeness (QED) is 0.561. The SMILES string of the molecule is Cc1cc(Cl)ccc1-c1nc(N2CCC(NC(=O)N(C)C)CC2)cc(=O)n1-c1ccc(Cl)cc1. The first-order valence-corrected chi connectivity index (χ1v) is 11.9. The molecule has 1 aliphatic rings. The van der Waals surface area contributed by atoms with Crippen LogP contribution >= 0.6 is 23.2 Å². The van der Waals surface area contributed by atoms with E-state index in [4.69, 9.17) is 28.2 Å². The summed E-state index contributed by atoms with van der Waals surface area (Å²) in [6.45, 7) is 3.33. The highest BCUT2D eigenvalue weighted by Crippen LogP contribution is 2.28. The number of aryl methyl sites for hydroxylation is 1. The molecule has 1 aromatic heterocycles. The molecule has 1 aliphatic heterocycles. The van der Waals surface area contributed by atoms with Crippen molar-refractivity contribution in [2.45, 2.75) is 25.8 Å². The van der Waals surface area contributed by atoms with Gasteiger partial charge in [-0.05, 0) is 67.8 Å². The Morgan fingerprint density at radius 3 is 2.29 bits per heavy atom. The van der Waals surface area contributed by atoms with Gasteiger partial charge in [0.05, 0.1) is 5.69 Å². The maximum absolute atomic E-state index is 13.4. The van der Waals surface area contributed by atoms with Gasteiger partial charge in [0.1, 0.15) is 11.6 Å². The summed E-state index contributed by atoms with van der Waals surface area (Å²) in [5, 5.41) is 4.25. The lowest BCUT2D eigenvalue weighted by molar-refractivity contribution is 0.210. The van der Waals surface area contributed by atoms with Crippen molar-refractivity contribution in [2.75, 3.05) is 32.1 Å². The summed E-state index contributed by atoms with van der Waals surface area (Å²) < 4.78 is 1.60. The van der Waals surface area contributed by atoms with Gasteiger partial charge in [-0.1, -0.05) is 23.2 Å². The van der Waals surface area contributed by atoms with Crippen molar-refractivity contribution in [1.29, 1.82) is 0 Å². The summed E-state index contributed by atoms with van der Waals surface area (Å²) in [5.74, 6) is 1.17. The van der Waals surface area contributed by atoms with Gasteiger partial charge in [-0.3, -0.25) is 9.36 Å². The van der Waals surface area contributed by atoms with Crippen molar-refractivity contribution in [3.8, 4) is 17.1 Å². The molecule has 1 saturated heterocycles. The van der Waals surface area contributed by atoms with Crippen LogP contribution in [0.15, 0.2) is 53.3 Å². The number of piperidine rings is 1. The van der Waals surface area contributed by atoms with Crippen molar-refractivity contribution < 1.29 is 4.79 Å². The van der Waals surface area contributed by atoms with E-state index >= 15 is 0 Å². The number of carbonyl (C=O) groups excluding carboxylic acids is 1. The van der Waals surface area contributed by atoms with E-state index in [-0.39, 0.29) is 17.6 Å². The number of carbonyl (C=O) groups is 1. The summed E-state index contributed by atoms with van der Waals surface area (Å²) in [6.07, 6.45) is 1.55. The molecule has 0 atom stereocenters. The van der Waals surface area contributed by atoms with Gasteiger partial charge < -0.3 is 15.1 Å². The highest BCUT2D eigenvalue weighted by atomic mass is 35.5. The second-order valence-electron chi connectivity index (χ2n) is 8.65. The van der Waals surface area contributed by atoms with Crippen LogP contribution in [-0.4, -0.2) is 53.7 Å². The number of nitrogens with zero attached hydrogens (tertiary/aromatic N) is 4. The van der Waals surface area contributed by atoms with Crippen LogP contribution in [0.4, 0.5) is 10.6 Å². The zero-order valence-corrected chi connectivity index (χ0v) is 20.9. The van der Waals surface area contributed by atoms with Crippen LogP contribution in [-0.2, 0) is 0 Å². The Kier molecular flexibility index (Phi) is 7.14. The molecule has 0 aliphatic carbocycles. The van der Waals surface area contributed by atoms with Gasteiger partial charge in [-0.15, -0.1) is 0 Å². The molecule has 2 heterocycles. The molecular formula is C25H27Cl2N5O2. The van der Waals surface area contributed by atoms with Crippen molar-refractivity contribution in [3.63, 3.8) is 0 Å². The number of anilines is 1. The zero-order valence-electron chi connectivity index (χ0n) is 19.4. The fourth-order valence-electron chi connectivity index (χ4n) is 4.09. The van der Waals surface area contributed by atoms with E-state index < -0.39 is 0 Å². The predicted molar refractivity (Wildman–Crippen MR) is 137 cm³/mol. The minimum atomic E-state index is -0.181. The number of rotatable bonds is 4. The third-order valence-electron chi connectivity index (χ3n) is 5.97. The molecule has 2 amide bonds. The van der Waals surface area contributed by atoms with Crippen LogP contribution in [0.2, 0.25) is 10.0 Å². The molecule has 0 radical (unpaired) electrons. The summed E-state index contributed by atoms with van der Waals surface area (Å²) >= 11 is 12.3. The fourth-order valence-corrected chi connectivity index (χ4v) is 4.44. The van der Waals surface area contributed by atoms with Crippen molar-refractivity contribution in [3.05, 3.63) is 74.5 Å². The normalized spacial score (nSPS) is 14.2. The van der Waals surface area contributed by atoms with Crippen LogP contribution < -0.4 is 15.8 Å². The highest BCUT2D eigenvalue weighted by Gasteiger charge is 2.24. The topological polar surface area (TPSA) is 70.5 Å². The van der Waals surface area contributed by atoms with E-state index in [1.165, 1.54) is 4.90 Å². The summed E-state index contributed by atoms with van der Waals surface area (Å²) in [7, 11) is 3.45. The summed E-state index contributed by atoms with van der Waals surface area (Å²) in [6, 6.07) is 14.2. The highest BCUT2D eigenvalue weighted by molar-refractivity contribution is 6.31. The number of hydrogen-bond acceptors (Lipinski definition) is 4. The van der Waals surface area contributed by atoms with Crippen LogP contribution in [0.1, 0.15) is 18.4 Å². The smallest absolute Gasteiger partial charge is 0.317 e. The first-order valence-electron chi connectivity index (χ1n) is 11.1. The van der Waals surface area contributed by atoms with Gasteiger partial charge in [0, 0.05) is 54.9 Å². The largest absolute Gasteiger partial charge is 0.356 e. The standard InChI is InChI=1S/C25H27Cl2N5O2/c1-16-14-18(27)6-9-21(16)24-29-22(15-23(33)32(24)20-7-4-17(26)5-8-20)31-12-10-19(11-13-31)28-25(34)30(2)3/h4-9,14-15,19H,10-13H2,1-3H3,(H,28,34). The Bertz CT molecular complexity index is 1250. The second-order valence-corrected chi connectivity index (χ2v) is 9.53. The average Bonchev–Trinajstić information content (AvgIpc) is 2.80. The molecule has 4 rings (SSSR count). The minimum absolute atomic E-state index is 0.0948. The lowest BCUT2D eigenvalue weighted by Crippen LogP contribution is -2.48. The van der Waals surface area contributed by atoms with Crippen LogP contribution in [0.25, 0.3) is 17.1 Å². The van der Waals surface area contributed by atoms with Gasteiger partial charge in [0.2, 0.25) is 0 Å². The summed E-state index contributed by atoms with van der Waals surface area (Å²) in [5.41, 5.74) is 2.25. The van der Waals surface area contributed by atoms with Gasteiger partial charge >= 0.3 is 6.03 Å². The van der Waals surface area contributed by atoms with E-state index in [0.29, 0.717) is 40.5 Å². The molecule has 1 fully saturated rings. The first-order chi connectivity index (χ1) is 16.2. The number of urea groups is 1. The number of hydrogen-bond donors (Lipinski definition) is 1. The second kappa shape index (κ2) is 10.1. The monoisotopic (exact) mass is 499 g/mol.